The molecular formula is C23H27N. The minimum atomic E-state index is 0.294. The van der Waals surface area contributed by atoms with Crippen molar-refractivity contribution in [3.05, 3.63) is 71.3 Å². The van der Waals surface area contributed by atoms with Crippen molar-refractivity contribution >= 4 is 17.0 Å². The summed E-state index contributed by atoms with van der Waals surface area (Å²) in [6.07, 6.45) is 4.83. The van der Waals surface area contributed by atoms with Gasteiger partial charge in [-0.05, 0) is 55.0 Å². The standard InChI is InChI=1S/C23H27N/c1-5-6-7-8-17(3)20-13-14-21-22(15-20)24-18(4)23(21)19-11-9-16(2)10-12-19/h9-15,23H,3,5-8H2,1-2,4H3. The van der Waals surface area contributed by atoms with E-state index >= 15 is 0 Å². The molecule has 0 bridgehead atoms. The summed E-state index contributed by atoms with van der Waals surface area (Å²) in [5.41, 5.74) is 8.72. The molecule has 0 N–H and O–H groups in total. The Morgan fingerprint density at radius 2 is 1.79 bits per heavy atom. The van der Waals surface area contributed by atoms with Gasteiger partial charge in [-0.1, -0.05) is 68.3 Å². The van der Waals surface area contributed by atoms with E-state index in [0.29, 0.717) is 5.92 Å². The van der Waals surface area contributed by atoms with Crippen LogP contribution in [0.2, 0.25) is 0 Å². The SMILES string of the molecule is C=C(CCCCC)c1ccc2c(c1)N=C(C)C2c1ccc(C)cc1. The first-order valence-corrected chi connectivity index (χ1v) is 9.04. The first-order chi connectivity index (χ1) is 11.6. The van der Waals surface area contributed by atoms with Crippen LogP contribution in [0.15, 0.2) is 54.0 Å². The van der Waals surface area contributed by atoms with Gasteiger partial charge in [-0.2, -0.15) is 0 Å². The molecule has 0 amide bonds. The minimum Gasteiger partial charge on any atom is -0.257 e. The number of rotatable bonds is 6. The first-order valence-electron chi connectivity index (χ1n) is 9.04. The van der Waals surface area contributed by atoms with E-state index in [1.54, 1.807) is 0 Å². The molecule has 1 heteroatoms. The second-order valence-corrected chi connectivity index (χ2v) is 6.93. The van der Waals surface area contributed by atoms with Crippen LogP contribution >= 0.6 is 0 Å². The summed E-state index contributed by atoms with van der Waals surface area (Å²) in [5, 5.41) is 0. The predicted molar refractivity (Wildman–Crippen MR) is 105 cm³/mol. The molecule has 1 unspecified atom stereocenters. The van der Waals surface area contributed by atoms with Crippen molar-refractivity contribution in [2.75, 3.05) is 0 Å². The van der Waals surface area contributed by atoms with Crippen LogP contribution in [0.1, 0.15) is 67.7 Å². The molecule has 0 saturated heterocycles. The lowest BCUT2D eigenvalue weighted by Crippen LogP contribution is -2.06. The van der Waals surface area contributed by atoms with E-state index in [1.165, 1.54) is 52.8 Å². The van der Waals surface area contributed by atoms with E-state index in [-0.39, 0.29) is 0 Å². The summed E-state index contributed by atoms with van der Waals surface area (Å²) in [6.45, 7) is 10.8. The van der Waals surface area contributed by atoms with Gasteiger partial charge < -0.3 is 0 Å². The van der Waals surface area contributed by atoms with Gasteiger partial charge >= 0.3 is 0 Å². The van der Waals surface area contributed by atoms with Crippen LogP contribution in [0, 0.1) is 6.92 Å². The van der Waals surface area contributed by atoms with Gasteiger partial charge in [0.05, 0.1) is 5.69 Å². The number of unbranched alkanes of at least 4 members (excludes halogenated alkanes) is 2. The van der Waals surface area contributed by atoms with Gasteiger partial charge in [0.15, 0.2) is 0 Å². The van der Waals surface area contributed by atoms with E-state index in [4.69, 9.17) is 4.99 Å². The van der Waals surface area contributed by atoms with Crippen LogP contribution in [0.5, 0.6) is 0 Å². The summed E-state index contributed by atoms with van der Waals surface area (Å²) in [5.74, 6) is 0.294. The average molecular weight is 317 g/mol. The second kappa shape index (κ2) is 7.17. The van der Waals surface area contributed by atoms with E-state index in [9.17, 15) is 0 Å². The van der Waals surface area contributed by atoms with Gasteiger partial charge in [-0.15, -0.1) is 0 Å². The van der Waals surface area contributed by atoms with Crippen LogP contribution in [0.25, 0.3) is 5.57 Å². The predicted octanol–water partition coefficient (Wildman–Crippen LogP) is 6.83. The third-order valence-corrected chi connectivity index (χ3v) is 4.96. The molecule has 0 aromatic heterocycles. The summed E-state index contributed by atoms with van der Waals surface area (Å²) in [6, 6.07) is 15.5. The van der Waals surface area contributed by atoms with E-state index in [1.807, 2.05) is 0 Å². The number of hydrogen-bond donors (Lipinski definition) is 0. The number of nitrogens with zero attached hydrogens (tertiary/aromatic N) is 1. The summed E-state index contributed by atoms with van der Waals surface area (Å²) in [7, 11) is 0. The molecule has 3 rings (SSSR count). The van der Waals surface area contributed by atoms with Gasteiger partial charge in [-0.25, -0.2) is 0 Å². The molecule has 1 aliphatic heterocycles. The highest BCUT2D eigenvalue weighted by Crippen LogP contribution is 2.41. The number of hydrogen-bond acceptors (Lipinski definition) is 1. The number of aryl methyl sites for hydroxylation is 1. The van der Waals surface area contributed by atoms with Gasteiger partial charge in [0, 0.05) is 11.6 Å². The van der Waals surface area contributed by atoms with Crippen LogP contribution in [-0.4, -0.2) is 5.71 Å². The normalized spacial score (nSPS) is 16.0. The Bertz CT molecular complexity index is 765. The molecule has 124 valence electrons. The van der Waals surface area contributed by atoms with Crippen LogP contribution in [0.3, 0.4) is 0 Å². The largest absolute Gasteiger partial charge is 0.257 e. The topological polar surface area (TPSA) is 12.4 Å². The lowest BCUT2D eigenvalue weighted by atomic mass is 9.87. The van der Waals surface area contributed by atoms with Crippen molar-refractivity contribution in [1.29, 1.82) is 0 Å². The van der Waals surface area contributed by atoms with E-state index in [2.05, 4.69) is 69.8 Å². The zero-order chi connectivity index (χ0) is 17.1. The monoisotopic (exact) mass is 317 g/mol. The van der Waals surface area contributed by atoms with Gasteiger partial charge in [0.25, 0.3) is 0 Å². The smallest absolute Gasteiger partial charge is 0.0677 e. The molecule has 24 heavy (non-hydrogen) atoms. The fraction of sp³-hybridized carbons (Fsp3) is 0.348. The molecule has 0 radical (unpaired) electrons. The second-order valence-electron chi connectivity index (χ2n) is 6.93. The zero-order valence-electron chi connectivity index (χ0n) is 15.1. The minimum absolute atomic E-state index is 0.294. The highest BCUT2D eigenvalue weighted by molar-refractivity contribution is 5.99. The molecule has 1 heterocycles. The van der Waals surface area contributed by atoms with Crippen molar-refractivity contribution < 1.29 is 0 Å². The highest BCUT2D eigenvalue weighted by atomic mass is 14.8. The Morgan fingerprint density at radius 1 is 1.04 bits per heavy atom. The fourth-order valence-electron chi connectivity index (χ4n) is 3.50. The quantitative estimate of drug-likeness (QED) is 0.518. The van der Waals surface area contributed by atoms with Gasteiger partial charge in [0.1, 0.15) is 0 Å². The molecule has 2 aromatic rings. The molecule has 0 fully saturated rings. The molecule has 1 atom stereocenters. The van der Waals surface area contributed by atoms with Crippen molar-refractivity contribution in [3.63, 3.8) is 0 Å². The number of benzene rings is 2. The number of allylic oxidation sites excluding steroid dienone is 1. The van der Waals surface area contributed by atoms with Crippen LogP contribution in [-0.2, 0) is 0 Å². The molecule has 0 aliphatic carbocycles. The Balaban J connectivity index is 1.85. The number of fused-ring (bicyclic) bond motifs is 1. The lowest BCUT2D eigenvalue weighted by Gasteiger charge is -2.14. The van der Waals surface area contributed by atoms with E-state index < -0.39 is 0 Å². The Labute approximate surface area is 146 Å². The zero-order valence-corrected chi connectivity index (χ0v) is 15.1. The summed E-state index contributed by atoms with van der Waals surface area (Å²) < 4.78 is 0. The first kappa shape index (κ1) is 16.7. The molecule has 0 spiro atoms. The van der Waals surface area contributed by atoms with Crippen molar-refractivity contribution in [3.8, 4) is 0 Å². The van der Waals surface area contributed by atoms with Crippen molar-refractivity contribution in [1.82, 2.24) is 0 Å². The maximum atomic E-state index is 4.85. The van der Waals surface area contributed by atoms with Crippen molar-refractivity contribution in [2.45, 2.75) is 52.4 Å². The third kappa shape index (κ3) is 3.36. The average Bonchev–Trinajstić information content (AvgIpc) is 2.90. The van der Waals surface area contributed by atoms with Gasteiger partial charge in [-0.3, -0.25) is 4.99 Å². The van der Waals surface area contributed by atoms with Crippen LogP contribution in [0.4, 0.5) is 5.69 Å². The number of aliphatic imine (C=N–C) groups is 1. The fourth-order valence-corrected chi connectivity index (χ4v) is 3.50. The maximum Gasteiger partial charge on any atom is 0.0677 e. The van der Waals surface area contributed by atoms with Gasteiger partial charge in [0.2, 0.25) is 0 Å². The lowest BCUT2D eigenvalue weighted by molar-refractivity contribution is 0.736. The van der Waals surface area contributed by atoms with Crippen molar-refractivity contribution in [2.24, 2.45) is 4.99 Å². The van der Waals surface area contributed by atoms with E-state index in [0.717, 1.165) is 12.1 Å². The molecule has 1 nitrogen and oxygen atoms in total. The molecule has 2 aromatic carbocycles. The maximum absolute atomic E-state index is 4.85. The summed E-state index contributed by atoms with van der Waals surface area (Å²) >= 11 is 0. The van der Waals surface area contributed by atoms with Crippen LogP contribution < -0.4 is 0 Å². The third-order valence-electron chi connectivity index (χ3n) is 4.96. The molecule has 1 aliphatic rings. The Morgan fingerprint density at radius 3 is 2.50 bits per heavy atom. The Kier molecular flexibility index (Phi) is 4.99. The summed E-state index contributed by atoms with van der Waals surface area (Å²) in [4.78, 5) is 4.85. The Hall–Kier alpha value is -2.15. The molecule has 0 saturated carbocycles. The molecular weight excluding hydrogens is 290 g/mol. The highest BCUT2D eigenvalue weighted by Gasteiger charge is 2.26.